The molecule has 0 heterocycles. The van der Waals surface area contributed by atoms with E-state index in [4.69, 9.17) is 11.6 Å². The van der Waals surface area contributed by atoms with Crippen molar-refractivity contribution in [3.05, 3.63) is 58.7 Å². The molecule has 0 aliphatic rings. The van der Waals surface area contributed by atoms with Gasteiger partial charge in [-0.15, -0.1) is 11.6 Å². The zero-order valence-corrected chi connectivity index (χ0v) is 11.3. The molecular weight excluding hydrogens is 228 g/mol. The summed E-state index contributed by atoms with van der Waals surface area (Å²) in [6.45, 7) is 6.43. The van der Waals surface area contributed by atoms with Crippen molar-refractivity contribution in [3.8, 4) is 11.1 Å². The maximum atomic E-state index is 5.91. The lowest BCUT2D eigenvalue weighted by Gasteiger charge is -2.11. The van der Waals surface area contributed by atoms with E-state index < -0.39 is 0 Å². The van der Waals surface area contributed by atoms with Crippen LogP contribution in [0.4, 0.5) is 0 Å². The van der Waals surface area contributed by atoms with Gasteiger partial charge in [0, 0.05) is 5.88 Å². The van der Waals surface area contributed by atoms with Crippen molar-refractivity contribution >= 4 is 11.6 Å². The van der Waals surface area contributed by atoms with E-state index in [-0.39, 0.29) is 0 Å². The zero-order chi connectivity index (χ0) is 12.4. The molecule has 0 amide bonds. The van der Waals surface area contributed by atoms with Gasteiger partial charge >= 0.3 is 0 Å². The van der Waals surface area contributed by atoms with Gasteiger partial charge in [0.05, 0.1) is 0 Å². The van der Waals surface area contributed by atoms with Gasteiger partial charge < -0.3 is 0 Å². The van der Waals surface area contributed by atoms with Crippen LogP contribution in [0, 0.1) is 20.8 Å². The molecule has 0 aliphatic heterocycles. The number of alkyl halides is 1. The largest absolute Gasteiger partial charge is 0.122 e. The summed E-state index contributed by atoms with van der Waals surface area (Å²) in [5.41, 5.74) is 7.69. The lowest BCUT2D eigenvalue weighted by molar-refractivity contribution is 1.33. The Balaban J connectivity index is 2.62. The van der Waals surface area contributed by atoms with Crippen LogP contribution in [0.2, 0.25) is 0 Å². The first-order valence-corrected chi connectivity index (χ1v) is 6.38. The monoisotopic (exact) mass is 244 g/mol. The molecule has 0 N–H and O–H groups in total. The molecule has 0 atom stereocenters. The quantitative estimate of drug-likeness (QED) is 0.651. The van der Waals surface area contributed by atoms with Gasteiger partial charge in [0.25, 0.3) is 0 Å². The van der Waals surface area contributed by atoms with E-state index in [1.54, 1.807) is 0 Å². The van der Waals surface area contributed by atoms with E-state index >= 15 is 0 Å². The molecule has 2 aromatic rings. The summed E-state index contributed by atoms with van der Waals surface area (Å²) in [6, 6.07) is 13.0. The van der Waals surface area contributed by atoms with Crippen LogP contribution in [-0.4, -0.2) is 0 Å². The van der Waals surface area contributed by atoms with Crippen LogP contribution in [0.25, 0.3) is 11.1 Å². The van der Waals surface area contributed by atoms with Gasteiger partial charge in [-0.3, -0.25) is 0 Å². The van der Waals surface area contributed by atoms with Crippen LogP contribution in [0.3, 0.4) is 0 Å². The second-order valence-corrected chi connectivity index (χ2v) is 4.87. The van der Waals surface area contributed by atoms with Crippen molar-refractivity contribution in [2.45, 2.75) is 26.7 Å². The first-order valence-electron chi connectivity index (χ1n) is 5.85. The van der Waals surface area contributed by atoms with Crippen LogP contribution >= 0.6 is 11.6 Å². The molecule has 0 nitrogen and oxygen atoms in total. The molecule has 0 saturated carbocycles. The minimum Gasteiger partial charge on any atom is -0.122 e. The fourth-order valence-corrected chi connectivity index (χ4v) is 2.23. The van der Waals surface area contributed by atoms with Crippen LogP contribution in [0.15, 0.2) is 36.4 Å². The van der Waals surface area contributed by atoms with E-state index in [2.05, 4.69) is 57.2 Å². The van der Waals surface area contributed by atoms with Crippen molar-refractivity contribution in [1.29, 1.82) is 0 Å². The highest BCUT2D eigenvalue weighted by molar-refractivity contribution is 6.17. The third-order valence-corrected chi connectivity index (χ3v) is 3.45. The third kappa shape index (κ3) is 2.53. The Bertz CT molecular complexity index is 541. The minimum atomic E-state index is 0.568. The smallest absolute Gasteiger partial charge is 0.0474 e. The second kappa shape index (κ2) is 4.93. The molecule has 17 heavy (non-hydrogen) atoms. The predicted molar refractivity (Wildman–Crippen MR) is 75.6 cm³/mol. The van der Waals surface area contributed by atoms with Gasteiger partial charge in [0.1, 0.15) is 0 Å². The van der Waals surface area contributed by atoms with E-state index in [9.17, 15) is 0 Å². The fourth-order valence-electron chi connectivity index (χ4n) is 2.07. The van der Waals surface area contributed by atoms with Gasteiger partial charge in [0.2, 0.25) is 0 Å². The maximum absolute atomic E-state index is 5.91. The molecule has 2 aromatic carbocycles. The highest BCUT2D eigenvalue weighted by Gasteiger charge is 2.06. The predicted octanol–water partition coefficient (Wildman–Crippen LogP) is 5.02. The summed E-state index contributed by atoms with van der Waals surface area (Å²) in [5, 5.41) is 0. The van der Waals surface area contributed by atoms with Gasteiger partial charge in [-0.2, -0.15) is 0 Å². The molecule has 0 aliphatic carbocycles. The molecule has 1 heteroatoms. The summed E-state index contributed by atoms with van der Waals surface area (Å²) in [4.78, 5) is 0. The number of rotatable bonds is 2. The Hall–Kier alpha value is -1.27. The number of hydrogen-bond acceptors (Lipinski definition) is 0. The minimum absolute atomic E-state index is 0.568. The summed E-state index contributed by atoms with van der Waals surface area (Å²) >= 11 is 5.91. The highest BCUT2D eigenvalue weighted by atomic mass is 35.5. The van der Waals surface area contributed by atoms with E-state index in [1.165, 1.54) is 33.4 Å². The molecule has 88 valence electrons. The number of benzene rings is 2. The highest BCUT2D eigenvalue weighted by Crippen LogP contribution is 2.28. The number of hydrogen-bond donors (Lipinski definition) is 0. The lowest BCUT2D eigenvalue weighted by atomic mass is 9.94. The Morgan fingerprint density at radius 3 is 2.06 bits per heavy atom. The Morgan fingerprint density at radius 1 is 0.824 bits per heavy atom. The molecule has 0 spiro atoms. The molecule has 0 fully saturated rings. The molecule has 0 aromatic heterocycles. The normalized spacial score (nSPS) is 10.6. The first-order chi connectivity index (χ1) is 8.11. The standard InChI is InChI=1S/C16H17Cl/c1-11-4-5-12(2)15(8-11)16-9-14(10-17)7-6-13(16)3/h4-9H,10H2,1-3H3. The summed E-state index contributed by atoms with van der Waals surface area (Å²) < 4.78 is 0. The van der Waals surface area contributed by atoms with Gasteiger partial charge in [-0.05, 0) is 54.7 Å². The SMILES string of the molecule is Cc1ccc(C)c(-c2cc(CCl)ccc2C)c1. The number of halogens is 1. The molecule has 0 saturated heterocycles. The Labute approximate surface area is 108 Å². The van der Waals surface area contributed by atoms with E-state index in [0.29, 0.717) is 5.88 Å². The molecule has 0 unspecified atom stereocenters. The Kier molecular flexibility index (Phi) is 3.54. The van der Waals surface area contributed by atoms with Crippen LogP contribution in [0.1, 0.15) is 22.3 Å². The molecule has 2 rings (SSSR count). The molecule has 0 bridgehead atoms. The van der Waals surface area contributed by atoms with E-state index in [0.717, 1.165) is 0 Å². The van der Waals surface area contributed by atoms with Crippen molar-refractivity contribution in [2.24, 2.45) is 0 Å². The van der Waals surface area contributed by atoms with Crippen LogP contribution in [0.5, 0.6) is 0 Å². The Morgan fingerprint density at radius 2 is 1.41 bits per heavy atom. The summed E-state index contributed by atoms with van der Waals surface area (Å²) in [7, 11) is 0. The lowest BCUT2D eigenvalue weighted by Crippen LogP contribution is -1.90. The zero-order valence-electron chi connectivity index (χ0n) is 10.5. The summed E-state index contributed by atoms with van der Waals surface area (Å²) in [5.74, 6) is 0.568. The fraction of sp³-hybridized carbons (Fsp3) is 0.250. The average Bonchev–Trinajstić information content (AvgIpc) is 2.33. The van der Waals surface area contributed by atoms with Crippen molar-refractivity contribution in [3.63, 3.8) is 0 Å². The van der Waals surface area contributed by atoms with Gasteiger partial charge in [-0.1, -0.05) is 35.9 Å². The third-order valence-electron chi connectivity index (χ3n) is 3.14. The summed E-state index contributed by atoms with van der Waals surface area (Å²) in [6.07, 6.45) is 0. The number of aryl methyl sites for hydroxylation is 3. The average molecular weight is 245 g/mol. The van der Waals surface area contributed by atoms with Crippen molar-refractivity contribution < 1.29 is 0 Å². The van der Waals surface area contributed by atoms with E-state index in [1.807, 2.05) is 0 Å². The first kappa shape index (κ1) is 12.2. The van der Waals surface area contributed by atoms with Crippen molar-refractivity contribution in [1.82, 2.24) is 0 Å². The topological polar surface area (TPSA) is 0 Å². The van der Waals surface area contributed by atoms with Crippen LogP contribution in [-0.2, 0) is 5.88 Å². The van der Waals surface area contributed by atoms with Gasteiger partial charge in [-0.25, -0.2) is 0 Å². The van der Waals surface area contributed by atoms with Gasteiger partial charge in [0.15, 0.2) is 0 Å². The maximum Gasteiger partial charge on any atom is 0.0474 e. The van der Waals surface area contributed by atoms with Crippen LogP contribution < -0.4 is 0 Å². The second-order valence-electron chi connectivity index (χ2n) is 4.60. The van der Waals surface area contributed by atoms with Crippen molar-refractivity contribution in [2.75, 3.05) is 0 Å². The molecular formula is C16H17Cl. The molecule has 0 radical (unpaired) electrons.